The summed E-state index contributed by atoms with van der Waals surface area (Å²) in [7, 11) is -3.27. The Bertz CT molecular complexity index is 596. The second kappa shape index (κ2) is 7.06. The second-order valence-corrected chi connectivity index (χ2v) is 7.63. The zero-order valence-corrected chi connectivity index (χ0v) is 13.3. The number of benzene rings is 1. The molecule has 0 unspecified atom stereocenters. The fourth-order valence-corrected chi connectivity index (χ4v) is 4.22. The van der Waals surface area contributed by atoms with Crippen molar-refractivity contribution in [1.29, 1.82) is 5.26 Å². The third-order valence-corrected chi connectivity index (χ3v) is 5.95. The van der Waals surface area contributed by atoms with Gasteiger partial charge in [-0.15, -0.1) is 0 Å². The van der Waals surface area contributed by atoms with Gasteiger partial charge in [0.15, 0.2) is 9.84 Å². The van der Waals surface area contributed by atoms with E-state index < -0.39 is 9.84 Å². The minimum Gasteiger partial charge on any atom is -0.300 e. The van der Waals surface area contributed by atoms with Crippen LogP contribution in [0.15, 0.2) is 29.2 Å². The van der Waals surface area contributed by atoms with Crippen molar-refractivity contribution < 1.29 is 8.42 Å². The Kier molecular flexibility index (Phi) is 5.38. The molecule has 0 atom stereocenters. The van der Waals surface area contributed by atoms with Crippen molar-refractivity contribution in [2.24, 2.45) is 0 Å². The molecule has 1 saturated carbocycles. The predicted octanol–water partition coefficient (Wildman–Crippen LogP) is 2.60. The van der Waals surface area contributed by atoms with Crippen LogP contribution in [0.2, 0.25) is 0 Å². The molecule has 1 aliphatic rings. The molecule has 0 aromatic heterocycles. The van der Waals surface area contributed by atoms with Gasteiger partial charge in [-0.3, -0.25) is 4.90 Å². The third kappa shape index (κ3) is 4.05. The fraction of sp³-hybridized carbons (Fsp3) is 0.562. The van der Waals surface area contributed by atoms with Gasteiger partial charge in [0, 0.05) is 12.6 Å². The zero-order valence-electron chi connectivity index (χ0n) is 12.5. The molecule has 5 heteroatoms. The third-order valence-electron chi connectivity index (χ3n) is 4.24. The molecular weight excluding hydrogens is 284 g/mol. The van der Waals surface area contributed by atoms with Gasteiger partial charge >= 0.3 is 0 Å². The van der Waals surface area contributed by atoms with E-state index in [1.165, 1.54) is 37.8 Å². The topological polar surface area (TPSA) is 61.2 Å². The van der Waals surface area contributed by atoms with E-state index in [1.54, 1.807) is 12.1 Å². The SMILES string of the molecule is CCN(CCS(=O)(=O)c1ccc(C#N)cc1)C1CCCC1. The highest BCUT2D eigenvalue weighted by Gasteiger charge is 2.23. The highest BCUT2D eigenvalue weighted by Crippen LogP contribution is 2.23. The van der Waals surface area contributed by atoms with Crippen LogP contribution in [-0.4, -0.2) is 38.2 Å². The quantitative estimate of drug-likeness (QED) is 0.810. The highest BCUT2D eigenvalue weighted by molar-refractivity contribution is 7.91. The van der Waals surface area contributed by atoms with Gasteiger partial charge in [-0.05, 0) is 43.7 Å². The summed E-state index contributed by atoms with van der Waals surface area (Å²) in [6, 6.07) is 8.72. The van der Waals surface area contributed by atoms with E-state index in [1.807, 2.05) is 6.07 Å². The maximum atomic E-state index is 12.4. The normalized spacial score (nSPS) is 16.2. The van der Waals surface area contributed by atoms with Crippen molar-refractivity contribution in [3.63, 3.8) is 0 Å². The van der Waals surface area contributed by atoms with Gasteiger partial charge in [-0.2, -0.15) is 5.26 Å². The molecule has 0 saturated heterocycles. The first-order valence-corrected chi connectivity index (χ1v) is 9.19. The maximum Gasteiger partial charge on any atom is 0.179 e. The van der Waals surface area contributed by atoms with Crippen LogP contribution in [0.5, 0.6) is 0 Å². The van der Waals surface area contributed by atoms with Gasteiger partial charge in [-0.25, -0.2) is 8.42 Å². The van der Waals surface area contributed by atoms with Crippen LogP contribution in [0.4, 0.5) is 0 Å². The molecule has 1 fully saturated rings. The molecule has 2 rings (SSSR count). The lowest BCUT2D eigenvalue weighted by Gasteiger charge is -2.27. The molecule has 4 nitrogen and oxygen atoms in total. The van der Waals surface area contributed by atoms with Crippen LogP contribution in [0.1, 0.15) is 38.2 Å². The Morgan fingerprint density at radius 3 is 2.38 bits per heavy atom. The number of rotatable bonds is 6. The van der Waals surface area contributed by atoms with Crippen molar-refractivity contribution in [2.45, 2.75) is 43.5 Å². The first kappa shape index (κ1) is 16.0. The average Bonchev–Trinajstić information content (AvgIpc) is 3.02. The summed E-state index contributed by atoms with van der Waals surface area (Å²) in [5.74, 6) is 0.142. The van der Waals surface area contributed by atoms with E-state index in [4.69, 9.17) is 5.26 Å². The smallest absolute Gasteiger partial charge is 0.179 e. The van der Waals surface area contributed by atoms with Crippen molar-refractivity contribution >= 4 is 9.84 Å². The molecule has 0 radical (unpaired) electrons. The molecule has 0 amide bonds. The second-order valence-electron chi connectivity index (χ2n) is 5.52. The molecule has 114 valence electrons. The number of sulfone groups is 1. The molecule has 21 heavy (non-hydrogen) atoms. The van der Waals surface area contributed by atoms with Crippen LogP contribution in [0.3, 0.4) is 0 Å². The first-order chi connectivity index (χ1) is 10.1. The Morgan fingerprint density at radius 1 is 1.24 bits per heavy atom. The minimum absolute atomic E-state index is 0.142. The Morgan fingerprint density at radius 2 is 1.86 bits per heavy atom. The molecule has 0 N–H and O–H groups in total. The van der Waals surface area contributed by atoms with Crippen LogP contribution < -0.4 is 0 Å². The van der Waals surface area contributed by atoms with Crippen LogP contribution >= 0.6 is 0 Å². The molecule has 1 aromatic carbocycles. The van der Waals surface area contributed by atoms with Crippen molar-refractivity contribution in [2.75, 3.05) is 18.8 Å². The lowest BCUT2D eigenvalue weighted by atomic mass is 10.2. The van der Waals surface area contributed by atoms with Crippen LogP contribution in [0, 0.1) is 11.3 Å². The highest BCUT2D eigenvalue weighted by atomic mass is 32.2. The number of hydrogen-bond acceptors (Lipinski definition) is 4. The number of nitriles is 1. The molecule has 0 aliphatic heterocycles. The zero-order chi connectivity index (χ0) is 15.3. The first-order valence-electron chi connectivity index (χ1n) is 7.54. The van der Waals surface area contributed by atoms with E-state index in [-0.39, 0.29) is 5.75 Å². The Balaban J connectivity index is 2.01. The molecule has 0 spiro atoms. The van der Waals surface area contributed by atoms with Gasteiger partial charge in [0.2, 0.25) is 0 Å². The Hall–Kier alpha value is -1.38. The van der Waals surface area contributed by atoms with E-state index in [2.05, 4.69) is 11.8 Å². The number of nitrogens with zero attached hydrogens (tertiary/aromatic N) is 2. The summed E-state index contributed by atoms with van der Waals surface area (Å²) in [6.45, 7) is 3.57. The Labute approximate surface area is 127 Å². The number of hydrogen-bond donors (Lipinski definition) is 0. The van der Waals surface area contributed by atoms with E-state index in [0.717, 1.165) is 6.54 Å². The summed E-state index contributed by atoms with van der Waals surface area (Å²) < 4.78 is 24.7. The summed E-state index contributed by atoms with van der Waals surface area (Å²) in [5.41, 5.74) is 0.482. The van der Waals surface area contributed by atoms with E-state index >= 15 is 0 Å². The minimum atomic E-state index is -3.27. The summed E-state index contributed by atoms with van der Waals surface area (Å²) >= 11 is 0. The van der Waals surface area contributed by atoms with Crippen molar-refractivity contribution in [1.82, 2.24) is 4.90 Å². The molecular formula is C16H22N2O2S. The monoisotopic (exact) mass is 306 g/mol. The molecule has 0 bridgehead atoms. The van der Waals surface area contributed by atoms with Crippen LogP contribution in [-0.2, 0) is 9.84 Å². The average molecular weight is 306 g/mol. The predicted molar refractivity (Wildman–Crippen MR) is 82.7 cm³/mol. The van der Waals surface area contributed by atoms with Crippen molar-refractivity contribution in [3.05, 3.63) is 29.8 Å². The van der Waals surface area contributed by atoms with Gasteiger partial charge in [-0.1, -0.05) is 19.8 Å². The molecule has 1 aliphatic carbocycles. The van der Waals surface area contributed by atoms with Gasteiger partial charge < -0.3 is 0 Å². The largest absolute Gasteiger partial charge is 0.300 e. The van der Waals surface area contributed by atoms with Gasteiger partial charge in [0.25, 0.3) is 0 Å². The maximum absolute atomic E-state index is 12.4. The van der Waals surface area contributed by atoms with E-state index in [0.29, 0.717) is 23.0 Å². The lowest BCUT2D eigenvalue weighted by molar-refractivity contribution is 0.221. The van der Waals surface area contributed by atoms with Gasteiger partial charge in [0.1, 0.15) is 0 Å². The summed E-state index contributed by atoms with van der Waals surface area (Å²) in [5, 5.41) is 8.75. The van der Waals surface area contributed by atoms with Gasteiger partial charge in [0.05, 0.1) is 22.3 Å². The standard InChI is InChI=1S/C16H22N2O2S/c1-2-18(15-5-3-4-6-15)11-12-21(19,20)16-9-7-14(13-17)8-10-16/h7-10,15H,2-6,11-12H2,1H3. The summed E-state index contributed by atoms with van der Waals surface area (Å²) in [6.07, 6.45) is 4.88. The molecule has 0 heterocycles. The van der Waals surface area contributed by atoms with Crippen LogP contribution in [0.25, 0.3) is 0 Å². The fourth-order valence-electron chi connectivity index (χ4n) is 2.96. The van der Waals surface area contributed by atoms with Crippen molar-refractivity contribution in [3.8, 4) is 6.07 Å². The molecule has 1 aromatic rings. The van der Waals surface area contributed by atoms with E-state index in [9.17, 15) is 8.42 Å². The lowest BCUT2D eigenvalue weighted by Crippen LogP contribution is -2.36. The summed E-state index contributed by atoms with van der Waals surface area (Å²) in [4.78, 5) is 2.60.